The van der Waals surface area contributed by atoms with E-state index in [1.807, 2.05) is 0 Å². The van der Waals surface area contributed by atoms with Crippen LogP contribution in [0, 0.1) is 0 Å². The number of ether oxygens (including phenoxy) is 1. The molecule has 0 atom stereocenters. The summed E-state index contributed by atoms with van der Waals surface area (Å²) < 4.78 is 4.83. The molecule has 76 valence electrons. The summed E-state index contributed by atoms with van der Waals surface area (Å²) in [5, 5.41) is 0. The highest BCUT2D eigenvalue weighted by atomic mass is 16.6. The van der Waals surface area contributed by atoms with Gasteiger partial charge in [0, 0.05) is 6.54 Å². The molecular formula is C10H19NO2. The molecule has 1 saturated heterocycles. The minimum absolute atomic E-state index is 0.129. The van der Waals surface area contributed by atoms with Crippen molar-refractivity contribution in [3.63, 3.8) is 0 Å². The van der Waals surface area contributed by atoms with Crippen LogP contribution in [0.2, 0.25) is 0 Å². The first-order valence-corrected chi connectivity index (χ1v) is 5.26. The second-order valence-electron chi connectivity index (χ2n) is 3.52. The quantitative estimate of drug-likeness (QED) is 0.595. The maximum Gasteiger partial charge on any atom is 0.409 e. The average molecular weight is 185 g/mol. The molecule has 0 saturated carbocycles. The summed E-state index contributed by atoms with van der Waals surface area (Å²) in [5.74, 6) is 0. The van der Waals surface area contributed by atoms with Crippen LogP contribution in [0.25, 0.3) is 0 Å². The molecule has 0 bridgehead atoms. The van der Waals surface area contributed by atoms with Crippen molar-refractivity contribution in [2.45, 2.75) is 39.0 Å². The number of cyclic esters (lactones) is 1. The van der Waals surface area contributed by atoms with Crippen LogP contribution in [0.4, 0.5) is 4.79 Å². The highest BCUT2D eigenvalue weighted by molar-refractivity contribution is 5.69. The predicted molar refractivity (Wildman–Crippen MR) is 51.7 cm³/mol. The Morgan fingerprint density at radius 1 is 1.31 bits per heavy atom. The normalized spacial score (nSPS) is 16.4. The van der Waals surface area contributed by atoms with Crippen LogP contribution >= 0.6 is 0 Å². The van der Waals surface area contributed by atoms with Gasteiger partial charge in [0.05, 0.1) is 6.54 Å². The van der Waals surface area contributed by atoms with Gasteiger partial charge in [-0.25, -0.2) is 4.79 Å². The van der Waals surface area contributed by atoms with Gasteiger partial charge in [-0.1, -0.05) is 32.6 Å². The first-order valence-electron chi connectivity index (χ1n) is 5.26. The third kappa shape index (κ3) is 3.66. The van der Waals surface area contributed by atoms with Gasteiger partial charge in [-0.05, 0) is 6.42 Å². The zero-order valence-corrected chi connectivity index (χ0v) is 8.42. The summed E-state index contributed by atoms with van der Waals surface area (Å²) in [7, 11) is 0. The van der Waals surface area contributed by atoms with Gasteiger partial charge in [0.15, 0.2) is 0 Å². The van der Waals surface area contributed by atoms with Crippen molar-refractivity contribution in [1.82, 2.24) is 4.90 Å². The van der Waals surface area contributed by atoms with E-state index in [9.17, 15) is 4.79 Å². The second-order valence-corrected chi connectivity index (χ2v) is 3.52. The fourth-order valence-electron chi connectivity index (χ4n) is 1.54. The van der Waals surface area contributed by atoms with Crippen molar-refractivity contribution < 1.29 is 9.53 Å². The van der Waals surface area contributed by atoms with E-state index in [0.717, 1.165) is 19.5 Å². The van der Waals surface area contributed by atoms with E-state index < -0.39 is 0 Å². The molecule has 0 aromatic heterocycles. The summed E-state index contributed by atoms with van der Waals surface area (Å²) >= 11 is 0. The van der Waals surface area contributed by atoms with Crippen molar-refractivity contribution in [3.05, 3.63) is 0 Å². The maximum absolute atomic E-state index is 11.0. The molecular weight excluding hydrogens is 166 g/mol. The lowest BCUT2D eigenvalue weighted by atomic mass is 10.1. The number of carbonyl (C=O) groups is 1. The smallest absolute Gasteiger partial charge is 0.409 e. The first-order chi connectivity index (χ1) is 6.34. The van der Waals surface area contributed by atoms with E-state index in [2.05, 4.69) is 6.92 Å². The van der Waals surface area contributed by atoms with E-state index in [4.69, 9.17) is 4.74 Å². The predicted octanol–water partition coefficient (Wildman–Crippen LogP) is 2.41. The van der Waals surface area contributed by atoms with Crippen LogP contribution in [0.1, 0.15) is 39.0 Å². The average Bonchev–Trinajstić information content (AvgIpc) is 2.52. The lowest BCUT2D eigenvalue weighted by molar-refractivity contribution is 0.158. The van der Waals surface area contributed by atoms with Crippen molar-refractivity contribution in [1.29, 1.82) is 0 Å². The van der Waals surface area contributed by atoms with Crippen molar-refractivity contribution in [3.8, 4) is 0 Å². The monoisotopic (exact) mass is 185 g/mol. The molecule has 1 amide bonds. The molecule has 3 heteroatoms. The molecule has 0 aromatic carbocycles. The largest absolute Gasteiger partial charge is 0.448 e. The van der Waals surface area contributed by atoms with Crippen LogP contribution in [-0.2, 0) is 4.74 Å². The van der Waals surface area contributed by atoms with E-state index in [-0.39, 0.29) is 6.09 Å². The number of hydrogen-bond acceptors (Lipinski definition) is 2. The zero-order chi connectivity index (χ0) is 9.52. The topological polar surface area (TPSA) is 29.5 Å². The lowest BCUT2D eigenvalue weighted by Crippen LogP contribution is -2.25. The van der Waals surface area contributed by atoms with Gasteiger partial charge in [0.25, 0.3) is 0 Å². The Labute approximate surface area is 80.1 Å². The standard InChI is InChI=1S/C10H19NO2/c1-2-3-4-5-6-7-11-8-9-13-10(11)12/h2-9H2,1H3. The Morgan fingerprint density at radius 2 is 2.08 bits per heavy atom. The molecule has 0 spiro atoms. The Bertz CT molecular complexity index is 159. The summed E-state index contributed by atoms with van der Waals surface area (Å²) in [6.45, 7) is 4.45. The van der Waals surface area contributed by atoms with Crippen LogP contribution in [0.5, 0.6) is 0 Å². The van der Waals surface area contributed by atoms with E-state index in [1.54, 1.807) is 4.90 Å². The fourth-order valence-corrected chi connectivity index (χ4v) is 1.54. The minimum atomic E-state index is -0.129. The molecule has 3 nitrogen and oxygen atoms in total. The van der Waals surface area contributed by atoms with E-state index in [0.29, 0.717) is 6.61 Å². The molecule has 0 N–H and O–H groups in total. The number of hydrogen-bond donors (Lipinski definition) is 0. The molecule has 0 aliphatic carbocycles. The molecule has 0 aromatic rings. The van der Waals surface area contributed by atoms with Crippen molar-refractivity contribution in [2.75, 3.05) is 19.7 Å². The molecule has 1 aliphatic rings. The summed E-state index contributed by atoms with van der Waals surface area (Å²) in [5.41, 5.74) is 0. The number of carbonyl (C=O) groups excluding carboxylic acids is 1. The molecule has 1 fully saturated rings. The Morgan fingerprint density at radius 3 is 2.69 bits per heavy atom. The van der Waals surface area contributed by atoms with Gasteiger partial charge in [0.2, 0.25) is 0 Å². The SMILES string of the molecule is CCCCCCCN1CCOC1=O. The molecule has 1 rings (SSSR count). The Kier molecular flexibility index (Phi) is 4.65. The zero-order valence-electron chi connectivity index (χ0n) is 8.42. The third-order valence-corrected chi connectivity index (χ3v) is 2.38. The Balaban J connectivity index is 1.96. The van der Waals surface area contributed by atoms with Crippen LogP contribution < -0.4 is 0 Å². The van der Waals surface area contributed by atoms with Gasteiger partial charge in [-0.3, -0.25) is 0 Å². The van der Waals surface area contributed by atoms with E-state index >= 15 is 0 Å². The van der Waals surface area contributed by atoms with E-state index in [1.165, 1.54) is 25.7 Å². The number of amides is 1. The molecule has 0 unspecified atom stereocenters. The Hall–Kier alpha value is -0.730. The van der Waals surface area contributed by atoms with Gasteiger partial charge >= 0.3 is 6.09 Å². The molecule has 0 radical (unpaired) electrons. The second kappa shape index (κ2) is 5.84. The highest BCUT2D eigenvalue weighted by Crippen LogP contribution is 2.07. The molecule has 1 aliphatic heterocycles. The molecule has 1 heterocycles. The van der Waals surface area contributed by atoms with Gasteiger partial charge in [-0.2, -0.15) is 0 Å². The number of rotatable bonds is 6. The fraction of sp³-hybridized carbons (Fsp3) is 0.900. The van der Waals surface area contributed by atoms with Gasteiger partial charge in [-0.15, -0.1) is 0 Å². The van der Waals surface area contributed by atoms with Crippen LogP contribution in [-0.4, -0.2) is 30.7 Å². The van der Waals surface area contributed by atoms with Gasteiger partial charge in [0.1, 0.15) is 6.61 Å². The maximum atomic E-state index is 11.0. The number of unbranched alkanes of at least 4 members (excludes halogenated alkanes) is 4. The van der Waals surface area contributed by atoms with Crippen molar-refractivity contribution in [2.24, 2.45) is 0 Å². The third-order valence-electron chi connectivity index (χ3n) is 2.38. The molecule has 13 heavy (non-hydrogen) atoms. The first kappa shape index (κ1) is 10.4. The van der Waals surface area contributed by atoms with Crippen LogP contribution in [0.15, 0.2) is 0 Å². The lowest BCUT2D eigenvalue weighted by Gasteiger charge is -2.11. The van der Waals surface area contributed by atoms with Gasteiger partial charge < -0.3 is 9.64 Å². The summed E-state index contributed by atoms with van der Waals surface area (Å²) in [6.07, 6.45) is 6.10. The van der Waals surface area contributed by atoms with Crippen molar-refractivity contribution >= 4 is 6.09 Å². The summed E-state index contributed by atoms with van der Waals surface area (Å²) in [4.78, 5) is 12.8. The summed E-state index contributed by atoms with van der Waals surface area (Å²) in [6, 6.07) is 0. The van der Waals surface area contributed by atoms with Crippen LogP contribution in [0.3, 0.4) is 0 Å². The number of nitrogens with zero attached hydrogens (tertiary/aromatic N) is 1. The minimum Gasteiger partial charge on any atom is -0.448 e. The highest BCUT2D eigenvalue weighted by Gasteiger charge is 2.20.